The van der Waals surface area contributed by atoms with E-state index in [-0.39, 0.29) is 0 Å². The predicted octanol–water partition coefficient (Wildman–Crippen LogP) is -2.24. The van der Waals surface area contributed by atoms with Gasteiger partial charge in [-0.25, -0.2) is 4.98 Å². The second-order valence-corrected chi connectivity index (χ2v) is 3.30. The van der Waals surface area contributed by atoms with E-state index >= 15 is 0 Å². The molecule has 0 saturated heterocycles. The Morgan fingerprint density at radius 2 is 2.47 bits per heavy atom. The van der Waals surface area contributed by atoms with Gasteiger partial charge in [0.25, 0.3) is 0 Å². The van der Waals surface area contributed by atoms with Gasteiger partial charge in [-0.15, -0.1) is 0 Å². The van der Waals surface area contributed by atoms with Crippen molar-refractivity contribution in [1.82, 2.24) is 20.1 Å². The molecule has 1 amide bonds. The normalized spacial score (nSPS) is 12.7. The zero-order valence-electron chi connectivity index (χ0n) is 8.68. The minimum Gasteiger partial charge on any atom is -0.368 e. The van der Waals surface area contributed by atoms with E-state index in [4.69, 9.17) is 11.5 Å². The van der Waals surface area contributed by atoms with Gasteiger partial charge in [0.1, 0.15) is 6.33 Å². The lowest BCUT2D eigenvalue weighted by atomic mass is 10.3. The van der Waals surface area contributed by atoms with Crippen LogP contribution in [0.25, 0.3) is 0 Å². The van der Waals surface area contributed by atoms with Gasteiger partial charge in [-0.2, -0.15) is 5.10 Å². The number of amides is 1. The number of hydrogen-bond donors (Lipinski definition) is 3. The number of carbonyl (C=O) groups excluding carboxylic acids is 1. The third-order valence-electron chi connectivity index (χ3n) is 1.90. The van der Waals surface area contributed by atoms with Crippen molar-refractivity contribution in [3.8, 4) is 0 Å². The highest BCUT2D eigenvalue weighted by Crippen LogP contribution is 1.87. The lowest BCUT2D eigenvalue weighted by Crippen LogP contribution is -2.44. The highest BCUT2D eigenvalue weighted by Gasteiger charge is 2.07. The summed E-state index contributed by atoms with van der Waals surface area (Å²) in [4.78, 5) is 14.7. The summed E-state index contributed by atoms with van der Waals surface area (Å²) >= 11 is 0. The average Bonchev–Trinajstić information content (AvgIpc) is 2.58. The molecule has 1 atom stereocenters. The van der Waals surface area contributed by atoms with Gasteiger partial charge in [-0.05, 0) is 0 Å². The van der Waals surface area contributed by atoms with Crippen LogP contribution >= 0.6 is 0 Å². The molecule has 1 aromatic rings. The van der Waals surface area contributed by atoms with E-state index in [1.54, 1.807) is 11.0 Å². The number of primary amides is 1. The fraction of sp³-hybridized carbons (Fsp3) is 0.625. The first-order valence-electron chi connectivity index (χ1n) is 4.69. The predicted molar refractivity (Wildman–Crippen MR) is 54.7 cm³/mol. The number of hydrogen-bond acceptors (Lipinski definition) is 5. The Bertz CT molecular complexity index is 323. The molecule has 0 aliphatic carbocycles. The lowest BCUT2D eigenvalue weighted by Gasteiger charge is -2.07. The van der Waals surface area contributed by atoms with Crippen LogP contribution in [0, 0.1) is 0 Å². The van der Waals surface area contributed by atoms with Crippen molar-refractivity contribution in [2.75, 3.05) is 13.1 Å². The fourth-order valence-electron chi connectivity index (χ4n) is 1.06. The molecule has 0 aliphatic heterocycles. The lowest BCUT2D eigenvalue weighted by molar-refractivity contribution is -0.119. The van der Waals surface area contributed by atoms with Gasteiger partial charge in [-0.1, -0.05) is 0 Å². The minimum absolute atomic E-state index is 0.377. The largest absolute Gasteiger partial charge is 0.368 e. The van der Waals surface area contributed by atoms with E-state index in [0.29, 0.717) is 19.5 Å². The first-order valence-corrected chi connectivity index (χ1v) is 4.69. The SMILES string of the molecule is Cn1cnc(CCNCC(N)C(N)=O)n1. The quantitative estimate of drug-likeness (QED) is 0.462. The molecule has 0 fully saturated rings. The molecule has 1 unspecified atom stereocenters. The Morgan fingerprint density at radius 1 is 1.73 bits per heavy atom. The first-order chi connectivity index (χ1) is 7.09. The molecule has 1 rings (SSSR count). The summed E-state index contributed by atoms with van der Waals surface area (Å²) in [6.45, 7) is 1.05. The summed E-state index contributed by atoms with van der Waals surface area (Å²) < 4.78 is 1.64. The van der Waals surface area contributed by atoms with Crippen molar-refractivity contribution in [3.63, 3.8) is 0 Å². The van der Waals surface area contributed by atoms with E-state index in [2.05, 4.69) is 15.4 Å². The zero-order valence-corrected chi connectivity index (χ0v) is 8.68. The van der Waals surface area contributed by atoms with Crippen LogP contribution in [0.3, 0.4) is 0 Å². The highest BCUT2D eigenvalue weighted by molar-refractivity contribution is 5.79. The van der Waals surface area contributed by atoms with Gasteiger partial charge in [0.05, 0.1) is 6.04 Å². The molecule has 0 radical (unpaired) electrons. The molecule has 1 heterocycles. The zero-order chi connectivity index (χ0) is 11.3. The molecule has 7 heteroatoms. The van der Waals surface area contributed by atoms with Crippen LogP contribution in [0.15, 0.2) is 6.33 Å². The first kappa shape index (κ1) is 11.6. The van der Waals surface area contributed by atoms with Crippen LogP contribution in [0.5, 0.6) is 0 Å². The molecule has 0 aromatic carbocycles. The average molecular weight is 212 g/mol. The standard InChI is InChI=1S/C8H16N6O/c1-14-5-12-7(13-14)2-3-11-4-6(9)8(10)15/h5-6,11H,2-4,9H2,1H3,(H2,10,15). The highest BCUT2D eigenvalue weighted by atomic mass is 16.1. The summed E-state index contributed by atoms with van der Waals surface area (Å²) in [5.41, 5.74) is 10.4. The monoisotopic (exact) mass is 212 g/mol. The van der Waals surface area contributed by atoms with Gasteiger partial charge in [0.15, 0.2) is 5.82 Å². The molecule has 5 N–H and O–H groups in total. The molecule has 0 spiro atoms. The van der Waals surface area contributed by atoms with Gasteiger partial charge >= 0.3 is 0 Å². The number of aromatic nitrogens is 3. The van der Waals surface area contributed by atoms with E-state index in [9.17, 15) is 4.79 Å². The molecular formula is C8H16N6O. The number of carbonyl (C=O) groups is 1. The van der Waals surface area contributed by atoms with E-state index in [1.807, 2.05) is 7.05 Å². The Labute approximate surface area is 87.8 Å². The maximum Gasteiger partial charge on any atom is 0.235 e. The molecule has 0 bridgehead atoms. The number of rotatable bonds is 6. The van der Waals surface area contributed by atoms with E-state index in [0.717, 1.165) is 5.82 Å². The number of nitrogens with one attached hydrogen (secondary N) is 1. The smallest absolute Gasteiger partial charge is 0.235 e. The van der Waals surface area contributed by atoms with Crippen LogP contribution in [0.1, 0.15) is 5.82 Å². The molecule has 15 heavy (non-hydrogen) atoms. The fourth-order valence-corrected chi connectivity index (χ4v) is 1.06. The van der Waals surface area contributed by atoms with Crippen molar-refractivity contribution >= 4 is 5.91 Å². The van der Waals surface area contributed by atoms with Crippen LogP contribution in [0.4, 0.5) is 0 Å². The summed E-state index contributed by atoms with van der Waals surface area (Å²) in [5, 5.41) is 7.11. The van der Waals surface area contributed by atoms with E-state index in [1.165, 1.54) is 0 Å². The maximum atomic E-state index is 10.6. The van der Waals surface area contributed by atoms with Gasteiger partial charge in [0.2, 0.25) is 5.91 Å². The number of nitrogens with zero attached hydrogens (tertiary/aromatic N) is 3. The number of nitrogens with two attached hydrogens (primary N) is 2. The van der Waals surface area contributed by atoms with Crippen molar-refractivity contribution in [1.29, 1.82) is 0 Å². The summed E-state index contributed by atoms with van der Waals surface area (Å²) in [6.07, 6.45) is 2.34. The summed E-state index contributed by atoms with van der Waals surface area (Å²) in [6, 6.07) is -0.637. The van der Waals surface area contributed by atoms with Gasteiger partial charge in [0, 0.05) is 26.6 Å². The topological polar surface area (TPSA) is 112 Å². The molecule has 0 aliphatic rings. The van der Waals surface area contributed by atoms with Gasteiger partial charge in [-0.3, -0.25) is 9.48 Å². The van der Waals surface area contributed by atoms with Crippen LogP contribution in [0.2, 0.25) is 0 Å². The van der Waals surface area contributed by atoms with E-state index < -0.39 is 11.9 Å². The Hall–Kier alpha value is -1.47. The van der Waals surface area contributed by atoms with Crippen molar-refractivity contribution in [3.05, 3.63) is 12.2 Å². The van der Waals surface area contributed by atoms with Crippen molar-refractivity contribution in [2.45, 2.75) is 12.5 Å². The Balaban J connectivity index is 2.14. The minimum atomic E-state index is -0.637. The number of aryl methyl sites for hydroxylation is 1. The Morgan fingerprint density at radius 3 is 3.00 bits per heavy atom. The van der Waals surface area contributed by atoms with Crippen LogP contribution in [-0.4, -0.2) is 39.8 Å². The van der Waals surface area contributed by atoms with Crippen LogP contribution < -0.4 is 16.8 Å². The second kappa shape index (κ2) is 5.42. The van der Waals surface area contributed by atoms with Crippen LogP contribution in [-0.2, 0) is 18.3 Å². The molecule has 0 saturated carbocycles. The molecular weight excluding hydrogens is 196 g/mol. The summed E-state index contributed by atoms with van der Waals surface area (Å²) in [5.74, 6) is 0.260. The summed E-state index contributed by atoms with van der Waals surface area (Å²) in [7, 11) is 1.81. The molecule has 1 aromatic heterocycles. The molecule has 7 nitrogen and oxygen atoms in total. The second-order valence-electron chi connectivity index (χ2n) is 3.30. The van der Waals surface area contributed by atoms with Crippen molar-refractivity contribution < 1.29 is 4.79 Å². The van der Waals surface area contributed by atoms with Gasteiger partial charge < -0.3 is 16.8 Å². The third-order valence-corrected chi connectivity index (χ3v) is 1.90. The molecule has 84 valence electrons. The van der Waals surface area contributed by atoms with Crippen molar-refractivity contribution in [2.24, 2.45) is 18.5 Å². The Kier molecular flexibility index (Phi) is 4.19. The maximum absolute atomic E-state index is 10.6. The third kappa shape index (κ3) is 4.05.